The predicted octanol–water partition coefficient (Wildman–Crippen LogP) is 0.432. The van der Waals surface area contributed by atoms with Gasteiger partial charge < -0.3 is 4.90 Å². The summed E-state index contributed by atoms with van der Waals surface area (Å²) in [5.74, 6) is 0.242. The first-order valence-corrected chi connectivity index (χ1v) is 7.94. The standard InChI is InChI=1S/C13H16N2O3S/c14-19(17,18)10-6-13(16)15(8-10)12-7-11(12)9-4-2-1-3-5-9/h1-5,10-12H,6-8H2,(H2,14,17,18). The van der Waals surface area contributed by atoms with Gasteiger partial charge in [0.2, 0.25) is 15.9 Å². The molecule has 5 nitrogen and oxygen atoms in total. The Morgan fingerprint density at radius 3 is 2.47 bits per heavy atom. The van der Waals surface area contributed by atoms with E-state index < -0.39 is 15.3 Å². The van der Waals surface area contributed by atoms with E-state index in [0.717, 1.165) is 6.42 Å². The van der Waals surface area contributed by atoms with Crippen LogP contribution in [0.5, 0.6) is 0 Å². The normalized spacial score (nSPS) is 30.7. The lowest BCUT2D eigenvalue weighted by Crippen LogP contribution is -2.33. The molecule has 0 radical (unpaired) electrons. The Morgan fingerprint density at radius 2 is 1.89 bits per heavy atom. The summed E-state index contributed by atoms with van der Waals surface area (Å²) in [4.78, 5) is 13.6. The van der Waals surface area contributed by atoms with Crippen molar-refractivity contribution in [3.05, 3.63) is 35.9 Å². The fourth-order valence-corrected chi connectivity index (χ4v) is 3.57. The lowest BCUT2D eigenvalue weighted by Gasteiger charge is -2.16. The van der Waals surface area contributed by atoms with Crippen molar-refractivity contribution in [1.29, 1.82) is 0 Å². The molecule has 1 saturated carbocycles. The number of likely N-dealkylation sites (tertiary alicyclic amines) is 1. The van der Waals surface area contributed by atoms with Crippen molar-refractivity contribution in [3.63, 3.8) is 0 Å². The van der Waals surface area contributed by atoms with E-state index in [4.69, 9.17) is 5.14 Å². The van der Waals surface area contributed by atoms with Crippen LogP contribution < -0.4 is 5.14 Å². The summed E-state index contributed by atoms with van der Waals surface area (Å²) in [6, 6.07) is 10.1. The molecule has 1 saturated heterocycles. The minimum atomic E-state index is -3.62. The molecule has 0 aromatic heterocycles. The lowest BCUT2D eigenvalue weighted by molar-refractivity contribution is -0.128. The zero-order valence-electron chi connectivity index (χ0n) is 10.4. The molecule has 102 valence electrons. The Hall–Kier alpha value is -1.40. The van der Waals surface area contributed by atoms with Crippen molar-refractivity contribution in [3.8, 4) is 0 Å². The van der Waals surface area contributed by atoms with Crippen LogP contribution in [-0.2, 0) is 14.8 Å². The van der Waals surface area contributed by atoms with Gasteiger partial charge in [-0.2, -0.15) is 0 Å². The number of amides is 1. The summed E-state index contributed by atoms with van der Waals surface area (Å²) in [5.41, 5.74) is 1.21. The number of primary sulfonamides is 1. The monoisotopic (exact) mass is 280 g/mol. The Kier molecular flexibility index (Phi) is 2.87. The predicted molar refractivity (Wildman–Crippen MR) is 70.8 cm³/mol. The number of carbonyl (C=O) groups is 1. The van der Waals surface area contributed by atoms with E-state index in [-0.39, 0.29) is 24.9 Å². The number of carbonyl (C=O) groups excluding carboxylic acids is 1. The molecule has 1 aromatic rings. The molecule has 3 rings (SSSR count). The van der Waals surface area contributed by atoms with Gasteiger partial charge in [0.25, 0.3) is 0 Å². The Labute approximate surface area is 112 Å². The Balaban J connectivity index is 1.71. The highest BCUT2D eigenvalue weighted by atomic mass is 32.2. The average Bonchev–Trinajstić information content (AvgIpc) is 3.05. The SMILES string of the molecule is NS(=O)(=O)C1CC(=O)N(C2CC2c2ccccc2)C1. The summed E-state index contributed by atoms with van der Waals surface area (Å²) < 4.78 is 22.6. The van der Waals surface area contributed by atoms with Crippen molar-refractivity contribution in [2.45, 2.75) is 30.1 Å². The molecule has 1 aliphatic carbocycles. The van der Waals surface area contributed by atoms with Gasteiger partial charge in [-0.15, -0.1) is 0 Å². The van der Waals surface area contributed by atoms with Gasteiger partial charge >= 0.3 is 0 Å². The smallest absolute Gasteiger partial charge is 0.224 e. The number of sulfonamides is 1. The van der Waals surface area contributed by atoms with Gasteiger partial charge in [0.15, 0.2) is 0 Å². The maximum Gasteiger partial charge on any atom is 0.224 e. The van der Waals surface area contributed by atoms with E-state index in [1.807, 2.05) is 30.3 Å². The van der Waals surface area contributed by atoms with E-state index in [9.17, 15) is 13.2 Å². The minimum Gasteiger partial charge on any atom is -0.338 e. The van der Waals surface area contributed by atoms with Crippen molar-refractivity contribution >= 4 is 15.9 Å². The second-order valence-corrected chi connectivity index (χ2v) is 7.13. The topological polar surface area (TPSA) is 80.5 Å². The molecule has 1 aliphatic heterocycles. The third kappa shape index (κ3) is 2.37. The third-order valence-corrected chi connectivity index (χ3v) is 5.22. The van der Waals surface area contributed by atoms with Gasteiger partial charge in [0, 0.05) is 24.9 Å². The quantitative estimate of drug-likeness (QED) is 0.872. The molecule has 3 atom stereocenters. The molecular weight excluding hydrogens is 264 g/mol. The van der Waals surface area contributed by atoms with E-state index in [0.29, 0.717) is 5.92 Å². The number of hydrogen-bond acceptors (Lipinski definition) is 3. The molecule has 0 bridgehead atoms. The van der Waals surface area contributed by atoms with Crippen molar-refractivity contribution in [2.75, 3.05) is 6.54 Å². The highest BCUT2D eigenvalue weighted by Crippen LogP contribution is 2.46. The summed E-state index contributed by atoms with van der Waals surface area (Å²) >= 11 is 0. The molecule has 1 amide bonds. The average molecular weight is 280 g/mol. The van der Waals surface area contributed by atoms with Crippen LogP contribution in [-0.4, -0.2) is 37.1 Å². The maximum absolute atomic E-state index is 11.9. The molecule has 0 spiro atoms. The summed E-state index contributed by atoms with van der Waals surface area (Å²) in [6.45, 7) is 0.242. The first-order chi connectivity index (χ1) is 8.97. The Morgan fingerprint density at radius 1 is 1.21 bits per heavy atom. The van der Waals surface area contributed by atoms with E-state index in [1.165, 1.54) is 5.56 Å². The van der Waals surface area contributed by atoms with E-state index in [2.05, 4.69) is 0 Å². The van der Waals surface area contributed by atoms with Crippen LogP contribution in [0, 0.1) is 0 Å². The van der Waals surface area contributed by atoms with Gasteiger partial charge in [-0.25, -0.2) is 13.6 Å². The van der Waals surface area contributed by atoms with Crippen LogP contribution in [0.15, 0.2) is 30.3 Å². The van der Waals surface area contributed by atoms with Gasteiger partial charge in [0.05, 0.1) is 0 Å². The van der Waals surface area contributed by atoms with Crippen LogP contribution >= 0.6 is 0 Å². The molecule has 2 fully saturated rings. The lowest BCUT2D eigenvalue weighted by atomic mass is 10.1. The highest BCUT2D eigenvalue weighted by molar-refractivity contribution is 7.89. The van der Waals surface area contributed by atoms with Crippen LogP contribution in [0.2, 0.25) is 0 Å². The highest BCUT2D eigenvalue weighted by Gasteiger charge is 2.49. The largest absolute Gasteiger partial charge is 0.338 e. The molecule has 3 unspecified atom stereocenters. The summed E-state index contributed by atoms with van der Waals surface area (Å²) in [5, 5.41) is 4.39. The van der Waals surface area contributed by atoms with Crippen LogP contribution in [0.4, 0.5) is 0 Å². The fraction of sp³-hybridized carbons (Fsp3) is 0.462. The molecular formula is C13H16N2O3S. The van der Waals surface area contributed by atoms with Crippen molar-refractivity contribution < 1.29 is 13.2 Å². The number of nitrogens with zero attached hydrogens (tertiary/aromatic N) is 1. The third-order valence-electron chi connectivity index (χ3n) is 3.97. The minimum absolute atomic E-state index is 0.0246. The van der Waals surface area contributed by atoms with Gasteiger partial charge in [-0.1, -0.05) is 30.3 Å². The number of benzene rings is 1. The number of hydrogen-bond donors (Lipinski definition) is 1. The van der Waals surface area contributed by atoms with E-state index in [1.54, 1.807) is 4.90 Å². The molecule has 6 heteroatoms. The van der Waals surface area contributed by atoms with Crippen LogP contribution in [0.1, 0.15) is 24.3 Å². The zero-order chi connectivity index (χ0) is 13.6. The van der Waals surface area contributed by atoms with Gasteiger partial charge in [0.1, 0.15) is 5.25 Å². The number of rotatable bonds is 3. The molecule has 1 aromatic carbocycles. The first-order valence-electron chi connectivity index (χ1n) is 6.33. The maximum atomic E-state index is 11.9. The first kappa shape index (κ1) is 12.6. The molecule has 19 heavy (non-hydrogen) atoms. The van der Waals surface area contributed by atoms with Gasteiger partial charge in [-0.05, 0) is 12.0 Å². The van der Waals surface area contributed by atoms with Crippen LogP contribution in [0.3, 0.4) is 0 Å². The number of nitrogens with two attached hydrogens (primary N) is 1. The van der Waals surface area contributed by atoms with Gasteiger partial charge in [-0.3, -0.25) is 4.79 Å². The Bertz CT molecular complexity index is 600. The summed E-state index contributed by atoms with van der Waals surface area (Å²) in [6.07, 6.45) is 0.934. The molecule has 1 heterocycles. The molecule has 2 N–H and O–H groups in total. The zero-order valence-corrected chi connectivity index (χ0v) is 11.2. The fourth-order valence-electron chi connectivity index (χ4n) is 2.82. The second kappa shape index (κ2) is 4.31. The molecule has 2 aliphatic rings. The van der Waals surface area contributed by atoms with Crippen molar-refractivity contribution in [1.82, 2.24) is 4.90 Å². The van der Waals surface area contributed by atoms with E-state index >= 15 is 0 Å². The second-order valence-electron chi connectivity index (χ2n) is 5.28. The van der Waals surface area contributed by atoms with Crippen molar-refractivity contribution in [2.24, 2.45) is 5.14 Å². The van der Waals surface area contributed by atoms with Crippen LogP contribution in [0.25, 0.3) is 0 Å². The summed E-state index contributed by atoms with van der Waals surface area (Å²) in [7, 11) is -3.62.